The van der Waals surface area contributed by atoms with Crippen LogP contribution in [0, 0.1) is 0 Å². The van der Waals surface area contributed by atoms with Gasteiger partial charge in [0.2, 0.25) is 0 Å². The maximum absolute atomic E-state index is 9.40. The minimum absolute atomic E-state index is 0.0936. The fourth-order valence-corrected chi connectivity index (χ4v) is 4.45. The molecule has 0 amide bonds. The van der Waals surface area contributed by atoms with Crippen LogP contribution in [0.25, 0.3) is 0 Å². The minimum atomic E-state index is 0.0936. The van der Waals surface area contributed by atoms with Crippen LogP contribution < -0.4 is 0 Å². The SMILES string of the molecule is CCCCCCCCCCCCCCCCCCN(CCO)C(C)N(CCO)CCO. The molecule has 0 aliphatic rings. The van der Waals surface area contributed by atoms with Crippen LogP contribution in [0.15, 0.2) is 0 Å². The Morgan fingerprint density at radius 1 is 0.452 bits per heavy atom. The summed E-state index contributed by atoms with van der Waals surface area (Å²) in [4.78, 5) is 4.36. The highest BCUT2D eigenvalue weighted by Gasteiger charge is 2.19. The highest BCUT2D eigenvalue weighted by atomic mass is 16.3. The third-order valence-electron chi connectivity index (χ3n) is 6.52. The Morgan fingerprint density at radius 3 is 1.06 bits per heavy atom. The van der Waals surface area contributed by atoms with E-state index in [1.54, 1.807) is 0 Å². The van der Waals surface area contributed by atoms with Crippen LogP contribution in [0.3, 0.4) is 0 Å². The predicted octanol–water partition coefficient (Wildman–Crippen LogP) is 5.17. The number of rotatable bonds is 25. The molecule has 0 heterocycles. The number of hydrogen-bond acceptors (Lipinski definition) is 5. The summed E-state index contributed by atoms with van der Waals surface area (Å²) < 4.78 is 0. The molecule has 0 aromatic heterocycles. The molecule has 188 valence electrons. The smallest absolute Gasteiger partial charge is 0.0595 e. The van der Waals surface area contributed by atoms with Gasteiger partial charge in [-0.1, -0.05) is 103 Å². The van der Waals surface area contributed by atoms with E-state index in [1.807, 2.05) is 0 Å². The fourth-order valence-electron chi connectivity index (χ4n) is 4.45. The van der Waals surface area contributed by atoms with Crippen molar-refractivity contribution in [2.75, 3.05) is 46.0 Å². The Balaban J connectivity index is 3.63. The topological polar surface area (TPSA) is 67.2 Å². The van der Waals surface area contributed by atoms with E-state index in [0.717, 1.165) is 13.0 Å². The van der Waals surface area contributed by atoms with Gasteiger partial charge in [-0.15, -0.1) is 0 Å². The summed E-state index contributed by atoms with van der Waals surface area (Å²) in [6.45, 7) is 7.45. The zero-order valence-corrected chi connectivity index (χ0v) is 21.1. The summed E-state index contributed by atoms with van der Waals surface area (Å²) in [5.41, 5.74) is 0. The molecule has 0 aliphatic heterocycles. The summed E-state index contributed by atoms with van der Waals surface area (Å²) in [5.74, 6) is 0. The van der Waals surface area contributed by atoms with Gasteiger partial charge in [0.15, 0.2) is 0 Å². The van der Waals surface area contributed by atoms with Crippen molar-refractivity contribution in [3.63, 3.8) is 0 Å². The first-order valence-electron chi connectivity index (χ1n) is 13.5. The van der Waals surface area contributed by atoms with Crippen molar-refractivity contribution in [2.45, 2.75) is 123 Å². The molecular weight excluding hydrogens is 388 g/mol. The molecule has 0 spiro atoms. The monoisotopic (exact) mass is 444 g/mol. The van der Waals surface area contributed by atoms with Crippen molar-refractivity contribution in [2.24, 2.45) is 0 Å². The van der Waals surface area contributed by atoms with Gasteiger partial charge in [-0.2, -0.15) is 0 Å². The molecule has 0 aromatic carbocycles. The quantitative estimate of drug-likeness (QED) is 0.134. The lowest BCUT2D eigenvalue weighted by Gasteiger charge is -2.37. The number of unbranched alkanes of at least 4 members (excludes halogenated alkanes) is 15. The van der Waals surface area contributed by atoms with Crippen LogP contribution in [0.2, 0.25) is 0 Å². The van der Waals surface area contributed by atoms with E-state index in [2.05, 4.69) is 23.6 Å². The van der Waals surface area contributed by atoms with Crippen molar-refractivity contribution < 1.29 is 15.3 Å². The third kappa shape index (κ3) is 19.0. The number of aliphatic hydroxyl groups is 3. The molecule has 0 aliphatic carbocycles. The van der Waals surface area contributed by atoms with Gasteiger partial charge in [-0.3, -0.25) is 9.80 Å². The average molecular weight is 445 g/mol. The van der Waals surface area contributed by atoms with Crippen molar-refractivity contribution >= 4 is 0 Å². The molecule has 0 radical (unpaired) electrons. The molecule has 1 unspecified atom stereocenters. The molecule has 0 saturated carbocycles. The van der Waals surface area contributed by atoms with E-state index in [-0.39, 0.29) is 26.0 Å². The second-order valence-corrected chi connectivity index (χ2v) is 9.18. The Hall–Kier alpha value is -0.200. The first-order valence-corrected chi connectivity index (χ1v) is 13.5. The summed E-state index contributed by atoms with van der Waals surface area (Å²) in [6.07, 6.45) is 22.1. The van der Waals surface area contributed by atoms with Gasteiger partial charge in [0.05, 0.1) is 26.0 Å². The zero-order valence-electron chi connectivity index (χ0n) is 21.1. The molecule has 5 nitrogen and oxygen atoms in total. The van der Waals surface area contributed by atoms with Crippen LogP contribution in [0.4, 0.5) is 0 Å². The van der Waals surface area contributed by atoms with Crippen LogP contribution >= 0.6 is 0 Å². The van der Waals surface area contributed by atoms with Gasteiger partial charge in [-0.05, 0) is 19.9 Å². The first-order chi connectivity index (χ1) is 15.2. The molecule has 1 atom stereocenters. The normalized spacial score (nSPS) is 12.9. The zero-order chi connectivity index (χ0) is 23.0. The van der Waals surface area contributed by atoms with Gasteiger partial charge in [0, 0.05) is 19.6 Å². The summed E-state index contributed by atoms with van der Waals surface area (Å²) in [5, 5.41) is 27.9. The van der Waals surface area contributed by atoms with Gasteiger partial charge >= 0.3 is 0 Å². The van der Waals surface area contributed by atoms with Gasteiger partial charge in [0.25, 0.3) is 0 Å². The molecule has 0 rings (SSSR count). The average Bonchev–Trinajstić information content (AvgIpc) is 2.77. The summed E-state index contributed by atoms with van der Waals surface area (Å²) in [7, 11) is 0. The summed E-state index contributed by atoms with van der Waals surface area (Å²) in [6, 6.07) is 0. The Bertz CT molecular complexity index is 339. The van der Waals surface area contributed by atoms with Gasteiger partial charge < -0.3 is 15.3 Å². The van der Waals surface area contributed by atoms with Crippen molar-refractivity contribution in [1.82, 2.24) is 9.80 Å². The van der Waals surface area contributed by atoms with Crippen LogP contribution in [0.5, 0.6) is 0 Å². The van der Waals surface area contributed by atoms with Crippen molar-refractivity contribution in [3.8, 4) is 0 Å². The van der Waals surface area contributed by atoms with E-state index >= 15 is 0 Å². The predicted molar refractivity (Wildman–Crippen MR) is 133 cm³/mol. The highest BCUT2D eigenvalue weighted by molar-refractivity contribution is 4.70. The van der Waals surface area contributed by atoms with E-state index in [4.69, 9.17) is 0 Å². The second-order valence-electron chi connectivity index (χ2n) is 9.18. The molecule has 0 saturated heterocycles. The fraction of sp³-hybridized carbons (Fsp3) is 1.00. The highest BCUT2D eigenvalue weighted by Crippen LogP contribution is 2.14. The van der Waals surface area contributed by atoms with Gasteiger partial charge in [-0.25, -0.2) is 0 Å². The number of hydrogen-bond donors (Lipinski definition) is 3. The number of aliphatic hydroxyl groups excluding tert-OH is 3. The molecule has 0 bridgehead atoms. The molecule has 5 heteroatoms. The third-order valence-corrected chi connectivity index (χ3v) is 6.52. The first kappa shape index (κ1) is 30.8. The lowest BCUT2D eigenvalue weighted by atomic mass is 10.0. The molecule has 31 heavy (non-hydrogen) atoms. The van der Waals surface area contributed by atoms with Crippen LogP contribution in [-0.2, 0) is 0 Å². The van der Waals surface area contributed by atoms with Crippen molar-refractivity contribution in [1.29, 1.82) is 0 Å². The Labute approximate surface area is 194 Å². The number of nitrogens with zero attached hydrogens (tertiary/aromatic N) is 2. The minimum Gasteiger partial charge on any atom is -0.395 e. The summed E-state index contributed by atoms with van der Waals surface area (Å²) >= 11 is 0. The largest absolute Gasteiger partial charge is 0.395 e. The molecule has 3 N–H and O–H groups in total. The van der Waals surface area contributed by atoms with E-state index < -0.39 is 0 Å². The maximum Gasteiger partial charge on any atom is 0.0595 e. The molecule has 0 fully saturated rings. The van der Waals surface area contributed by atoms with Crippen LogP contribution in [0.1, 0.15) is 117 Å². The second kappa shape index (κ2) is 24.4. The van der Waals surface area contributed by atoms with E-state index in [1.165, 1.54) is 96.3 Å². The maximum atomic E-state index is 9.40. The standard InChI is InChI=1S/C26H56N2O3/c1-3-4-5-6-7-8-9-10-11-12-13-14-15-16-17-18-19-27(20-23-29)26(2)28(21-24-30)22-25-31/h26,29-31H,3-25H2,1-2H3. The molecule has 0 aromatic rings. The van der Waals surface area contributed by atoms with Crippen LogP contribution in [-0.4, -0.2) is 77.3 Å². The lowest BCUT2D eigenvalue weighted by molar-refractivity contribution is 0.0212. The van der Waals surface area contributed by atoms with Crippen molar-refractivity contribution in [3.05, 3.63) is 0 Å². The Morgan fingerprint density at radius 2 is 0.742 bits per heavy atom. The van der Waals surface area contributed by atoms with E-state index in [9.17, 15) is 15.3 Å². The Kier molecular flexibility index (Phi) is 24.3. The molecular formula is C26H56N2O3. The van der Waals surface area contributed by atoms with E-state index in [0.29, 0.717) is 19.6 Å². The lowest BCUT2D eigenvalue weighted by Crippen LogP contribution is -2.49. The van der Waals surface area contributed by atoms with Gasteiger partial charge in [0.1, 0.15) is 0 Å².